The Hall–Kier alpha value is -2.77. The van der Waals surface area contributed by atoms with Crippen molar-refractivity contribution in [3.63, 3.8) is 0 Å². The maximum Gasteiger partial charge on any atom is 0.311 e. The number of benzene rings is 1. The molecule has 0 bridgehead atoms. The third-order valence-corrected chi connectivity index (χ3v) is 3.74. The molecule has 24 heavy (non-hydrogen) atoms. The molecule has 128 valence electrons. The SMILES string of the molecule is CCN(CC(=O)Nc1c(F)cccc1F)C(=O)[C@@H]1C=C[C@@H]1C(=O)O. The molecular weight excluding hydrogens is 322 g/mol. The molecule has 0 spiro atoms. The van der Waals surface area contributed by atoms with Crippen molar-refractivity contribution in [1.82, 2.24) is 4.90 Å². The van der Waals surface area contributed by atoms with Crippen molar-refractivity contribution in [2.75, 3.05) is 18.4 Å². The number of halogens is 2. The summed E-state index contributed by atoms with van der Waals surface area (Å²) in [7, 11) is 0. The molecule has 1 aromatic rings. The Morgan fingerprint density at radius 2 is 1.75 bits per heavy atom. The number of amides is 2. The van der Waals surface area contributed by atoms with Crippen LogP contribution >= 0.6 is 0 Å². The molecule has 8 heteroatoms. The number of carboxylic acids is 1. The highest BCUT2D eigenvalue weighted by Crippen LogP contribution is 2.27. The van der Waals surface area contributed by atoms with Crippen molar-refractivity contribution in [3.8, 4) is 0 Å². The third-order valence-electron chi connectivity index (χ3n) is 3.74. The Bertz CT molecular complexity index is 685. The van der Waals surface area contributed by atoms with Gasteiger partial charge in [0.1, 0.15) is 17.3 Å². The fraction of sp³-hybridized carbons (Fsp3) is 0.312. The average Bonchev–Trinajstić information content (AvgIpc) is 2.46. The summed E-state index contributed by atoms with van der Waals surface area (Å²) in [5, 5.41) is 11.1. The van der Waals surface area contributed by atoms with E-state index < -0.39 is 53.5 Å². The third kappa shape index (κ3) is 3.58. The summed E-state index contributed by atoms with van der Waals surface area (Å²) < 4.78 is 27.0. The first-order valence-corrected chi connectivity index (χ1v) is 7.29. The number of carbonyl (C=O) groups excluding carboxylic acids is 2. The molecule has 0 saturated carbocycles. The second-order valence-corrected chi connectivity index (χ2v) is 5.27. The van der Waals surface area contributed by atoms with Gasteiger partial charge in [-0.2, -0.15) is 0 Å². The lowest BCUT2D eigenvalue weighted by atomic mass is 9.81. The quantitative estimate of drug-likeness (QED) is 0.772. The van der Waals surface area contributed by atoms with Gasteiger partial charge in [-0.1, -0.05) is 18.2 Å². The first-order chi connectivity index (χ1) is 11.3. The van der Waals surface area contributed by atoms with Crippen molar-refractivity contribution in [1.29, 1.82) is 0 Å². The zero-order valence-corrected chi connectivity index (χ0v) is 12.8. The molecule has 1 aromatic carbocycles. The van der Waals surface area contributed by atoms with Crippen molar-refractivity contribution < 1.29 is 28.3 Å². The van der Waals surface area contributed by atoms with E-state index in [1.165, 1.54) is 12.2 Å². The smallest absolute Gasteiger partial charge is 0.311 e. The molecule has 2 amide bonds. The highest BCUT2D eigenvalue weighted by molar-refractivity contribution is 5.96. The first kappa shape index (κ1) is 17.6. The average molecular weight is 338 g/mol. The Morgan fingerprint density at radius 3 is 2.21 bits per heavy atom. The molecule has 6 nitrogen and oxygen atoms in total. The van der Waals surface area contributed by atoms with Crippen LogP contribution in [0.25, 0.3) is 0 Å². The van der Waals surface area contributed by atoms with Crippen LogP contribution in [0.5, 0.6) is 0 Å². The largest absolute Gasteiger partial charge is 0.481 e. The molecule has 0 aromatic heterocycles. The van der Waals surface area contributed by atoms with E-state index in [9.17, 15) is 23.2 Å². The predicted molar refractivity (Wildman–Crippen MR) is 81.0 cm³/mol. The minimum Gasteiger partial charge on any atom is -0.481 e. The molecule has 0 radical (unpaired) electrons. The van der Waals surface area contributed by atoms with Crippen LogP contribution in [0.3, 0.4) is 0 Å². The summed E-state index contributed by atoms with van der Waals surface area (Å²) in [4.78, 5) is 36.3. The van der Waals surface area contributed by atoms with Gasteiger partial charge >= 0.3 is 5.97 Å². The van der Waals surface area contributed by atoms with E-state index >= 15 is 0 Å². The molecule has 0 unspecified atom stereocenters. The Balaban J connectivity index is 2.02. The van der Waals surface area contributed by atoms with E-state index in [4.69, 9.17) is 5.11 Å². The maximum atomic E-state index is 13.5. The van der Waals surface area contributed by atoms with Crippen molar-refractivity contribution in [3.05, 3.63) is 42.0 Å². The number of hydrogen-bond donors (Lipinski definition) is 2. The van der Waals surface area contributed by atoms with E-state index in [2.05, 4.69) is 5.32 Å². The van der Waals surface area contributed by atoms with Crippen molar-refractivity contribution in [2.24, 2.45) is 11.8 Å². The number of hydrogen-bond acceptors (Lipinski definition) is 3. The van der Waals surface area contributed by atoms with Gasteiger partial charge in [0.15, 0.2) is 0 Å². The number of para-hydroxylation sites is 1. The van der Waals surface area contributed by atoms with Crippen LogP contribution in [-0.4, -0.2) is 40.9 Å². The van der Waals surface area contributed by atoms with Crippen molar-refractivity contribution in [2.45, 2.75) is 6.92 Å². The van der Waals surface area contributed by atoms with Gasteiger partial charge in [0.05, 0.1) is 18.4 Å². The lowest BCUT2D eigenvalue weighted by molar-refractivity contribution is -0.148. The molecule has 0 fully saturated rings. The standard InChI is InChI=1S/C16H16F2N2O4/c1-2-20(15(22)9-6-7-10(9)16(23)24)8-13(21)19-14-11(17)4-3-5-12(14)18/h3-7,9-10H,2,8H2,1H3,(H,19,21)(H,23,24)/t9-,10+/m1/s1. The summed E-state index contributed by atoms with van der Waals surface area (Å²) in [5.41, 5.74) is -0.585. The van der Waals surface area contributed by atoms with Gasteiger partial charge in [-0.3, -0.25) is 14.4 Å². The second-order valence-electron chi connectivity index (χ2n) is 5.27. The minimum atomic E-state index is -1.12. The fourth-order valence-corrected chi connectivity index (χ4v) is 2.33. The highest BCUT2D eigenvalue weighted by atomic mass is 19.1. The number of nitrogens with zero attached hydrogens (tertiary/aromatic N) is 1. The molecular formula is C16H16F2N2O4. The topological polar surface area (TPSA) is 86.7 Å². The van der Waals surface area contributed by atoms with Crippen LogP contribution in [0.2, 0.25) is 0 Å². The number of nitrogens with one attached hydrogen (secondary N) is 1. The van der Waals surface area contributed by atoms with Crippen LogP contribution in [-0.2, 0) is 14.4 Å². The summed E-state index contributed by atoms with van der Waals surface area (Å²) in [6, 6.07) is 3.16. The van der Waals surface area contributed by atoms with E-state index in [-0.39, 0.29) is 6.54 Å². The van der Waals surface area contributed by atoms with E-state index in [0.717, 1.165) is 23.1 Å². The van der Waals surface area contributed by atoms with Gasteiger partial charge < -0.3 is 15.3 Å². The van der Waals surface area contributed by atoms with Crippen LogP contribution in [0, 0.1) is 23.5 Å². The van der Waals surface area contributed by atoms with E-state index in [1.807, 2.05) is 0 Å². The Labute approximate surface area is 136 Å². The number of rotatable bonds is 6. The Kier molecular flexibility index (Phi) is 5.28. The summed E-state index contributed by atoms with van der Waals surface area (Å²) in [6.45, 7) is 1.34. The van der Waals surface area contributed by atoms with Gasteiger partial charge in [0.25, 0.3) is 0 Å². The van der Waals surface area contributed by atoms with Gasteiger partial charge in [-0.05, 0) is 19.1 Å². The summed E-state index contributed by atoms with van der Waals surface area (Å²) in [5.74, 6) is -6.01. The van der Waals surface area contributed by atoms with Crippen LogP contribution in [0.4, 0.5) is 14.5 Å². The first-order valence-electron chi connectivity index (χ1n) is 7.29. The number of anilines is 1. The normalized spacial score (nSPS) is 18.6. The zero-order chi connectivity index (χ0) is 17.9. The molecule has 1 aliphatic rings. The van der Waals surface area contributed by atoms with Crippen molar-refractivity contribution >= 4 is 23.5 Å². The van der Waals surface area contributed by atoms with Crippen LogP contribution in [0.15, 0.2) is 30.4 Å². The summed E-state index contributed by atoms with van der Waals surface area (Å²) in [6.07, 6.45) is 2.85. The van der Waals surface area contributed by atoms with E-state index in [1.54, 1.807) is 6.92 Å². The van der Waals surface area contributed by atoms with Gasteiger partial charge in [-0.15, -0.1) is 0 Å². The monoisotopic (exact) mass is 338 g/mol. The van der Waals surface area contributed by atoms with Gasteiger partial charge in [0.2, 0.25) is 11.8 Å². The number of carbonyl (C=O) groups is 3. The van der Waals surface area contributed by atoms with Gasteiger partial charge in [-0.25, -0.2) is 8.78 Å². The second kappa shape index (κ2) is 7.20. The number of carboxylic acid groups (broad SMARTS) is 1. The summed E-state index contributed by atoms with van der Waals surface area (Å²) >= 11 is 0. The predicted octanol–water partition coefficient (Wildman–Crippen LogP) is 1.64. The van der Waals surface area contributed by atoms with Crippen LogP contribution in [0.1, 0.15) is 6.92 Å². The molecule has 2 N–H and O–H groups in total. The molecule has 0 saturated heterocycles. The minimum absolute atomic E-state index is 0.155. The number of aliphatic carboxylic acids is 1. The molecule has 0 heterocycles. The molecule has 1 aliphatic carbocycles. The lowest BCUT2D eigenvalue weighted by Crippen LogP contribution is -2.45. The maximum absolute atomic E-state index is 13.5. The Morgan fingerprint density at radius 1 is 1.17 bits per heavy atom. The number of likely N-dealkylation sites (N-methyl/N-ethyl adjacent to an activating group) is 1. The molecule has 0 aliphatic heterocycles. The van der Waals surface area contributed by atoms with Crippen LogP contribution < -0.4 is 5.32 Å². The zero-order valence-electron chi connectivity index (χ0n) is 12.8. The van der Waals surface area contributed by atoms with E-state index in [0.29, 0.717) is 0 Å². The highest BCUT2D eigenvalue weighted by Gasteiger charge is 2.38. The fourth-order valence-electron chi connectivity index (χ4n) is 2.33. The lowest BCUT2D eigenvalue weighted by Gasteiger charge is -2.30. The molecule has 2 atom stereocenters. The molecule has 2 rings (SSSR count). The van der Waals surface area contributed by atoms with Gasteiger partial charge in [0, 0.05) is 6.54 Å².